The molecule has 0 spiro atoms. The van der Waals surface area contributed by atoms with Gasteiger partial charge in [-0.2, -0.15) is 5.26 Å². The van der Waals surface area contributed by atoms with Crippen molar-refractivity contribution in [1.82, 2.24) is 4.90 Å². The third kappa shape index (κ3) is 4.83. The van der Waals surface area contributed by atoms with Gasteiger partial charge in [-0.3, -0.25) is 4.79 Å². The summed E-state index contributed by atoms with van der Waals surface area (Å²) in [6.45, 7) is 6.96. The molecule has 0 N–H and O–H groups in total. The SMILES string of the molecule is CCCC(C#N)C(=O)N(C)CC(C)CC. The Labute approximate surface area is 93.1 Å². The molecule has 0 saturated carbocycles. The first-order chi connectivity index (χ1) is 7.06. The lowest BCUT2D eigenvalue weighted by Gasteiger charge is -2.22. The molecule has 0 aromatic rings. The number of hydrogen-bond acceptors (Lipinski definition) is 2. The van der Waals surface area contributed by atoms with Gasteiger partial charge < -0.3 is 4.90 Å². The van der Waals surface area contributed by atoms with Crippen molar-refractivity contribution in [2.75, 3.05) is 13.6 Å². The molecule has 0 bridgehead atoms. The zero-order chi connectivity index (χ0) is 11.8. The second kappa shape index (κ2) is 7.28. The molecular weight excluding hydrogens is 188 g/mol. The van der Waals surface area contributed by atoms with Crippen LogP contribution in [0.5, 0.6) is 0 Å². The molecule has 0 saturated heterocycles. The third-order valence-corrected chi connectivity index (χ3v) is 2.69. The van der Waals surface area contributed by atoms with Crippen LogP contribution >= 0.6 is 0 Å². The molecule has 0 aliphatic carbocycles. The molecule has 3 nitrogen and oxygen atoms in total. The molecule has 2 unspecified atom stereocenters. The topological polar surface area (TPSA) is 44.1 Å². The van der Waals surface area contributed by atoms with Gasteiger partial charge in [0.2, 0.25) is 5.91 Å². The maximum absolute atomic E-state index is 11.8. The van der Waals surface area contributed by atoms with Crippen molar-refractivity contribution in [3.63, 3.8) is 0 Å². The molecule has 0 fully saturated rings. The first-order valence-corrected chi connectivity index (χ1v) is 5.71. The van der Waals surface area contributed by atoms with Crippen LogP contribution in [-0.4, -0.2) is 24.4 Å². The van der Waals surface area contributed by atoms with Crippen molar-refractivity contribution in [3.05, 3.63) is 0 Å². The number of nitrogens with zero attached hydrogens (tertiary/aromatic N) is 2. The zero-order valence-corrected chi connectivity index (χ0v) is 10.3. The summed E-state index contributed by atoms with van der Waals surface area (Å²) >= 11 is 0. The number of carbonyl (C=O) groups excluding carboxylic acids is 1. The van der Waals surface area contributed by atoms with Crippen LogP contribution in [0.15, 0.2) is 0 Å². The molecule has 15 heavy (non-hydrogen) atoms. The molecule has 0 rings (SSSR count). The van der Waals surface area contributed by atoms with Crippen molar-refractivity contribution < 1.29 is 4.79 Å². The molecule has 0 aliphatic heterocycles. The number of carbonyl (C=O) groups is 1. The van der Waals surface area contributed by atoms with Crippen LogP contribution < -0.4 is 0 Å². The molecule has 86 valence electrons. The summed E-state index contributed by atoms with van der Waals surface area (Å²) < 4.78 is 0. The van der Waals surface area contributed by atoms with Gasteiger partial charge in [0.25, 0.3) is 0 Å². The van der Waals surface area contributed by atoms with E-state index in [-0.39, 0.29) is 5.91 Å². The molecule has 0 aliphatic rings. The average molecular weight is 210 g/mol. The van der Waals surface area contributed by atoms with Crippen LogP contribution in [0.2, 0.25) is 0 Å². The Morgan fingerprint density at radius 2 is 2.07 bits per heavy atom. The third-order valence-electron chi connectivity index (χ3n) is 2.69. The molecule has 2 atom stereocenters. The summed E-state index contributed by atoms with van der Waals surface area (Å²) in [5.74, 6) is 0.0172. The normalized spacial score (nSPS) is 14.1. The molecule has 1 amide bonds. The van der Waals surface area contributed by atoms with E-state index in [9.17, 15) is 4.79 Å². The quantitative estimate of drug-likeness (QED) is 0.676. The van der Waals surface area contributed by atoms with Gasteiger partial charge in [-0.15, -0.1) is 0 Å². The second-order valence-electron chi connectivity index (χ2n) is 4.20. The molecule has 0 aromatic heterocycles. The predicted molar refractivity (Wildman–Crippen MR) is 61.1 cm³/mol. The van der Waals surface area contributed by atoms with E-state index in [1.54, 1.807) is 11.9 Å². The lowest BCUT2D eigenvalue weighted by Crippen LogP contribution is -2.35. The summed E-state index contributed by atoms with van der Waals surface area (Å²) in [5, 5.41) is 8.87. The highest BCUT2D eigenvalue weighted by molar-refractivity contribution is 5.80. The van der Waals surface area contributed by atoms with Crippen LogP contribution in [-0.2, 0) is 4.79 Å². The fourth-order valence-electron chi connectivity index (χ4n) is 1.48. The Morgan fingerprint density at radius 1 is 1.47 bits per heavy atom. The summed E-state index contributed by atoms with van der Waals surface area (Å²) in [5.41, 5.74) is 0. The van der Waals surface area contributed by atoms with E-state index in [0.717, 1.165) is 19.4 Å². The van der Waals surface area contributed by atoms with Gasteiger partial charge in [0.1, 0.15) is 5.92 Å². The maximum Gasteiger partial charge on any atom is 0.239 e. The van der Waals surface area contributed by atoms with Crippen LogP contribution in [0.25, 0.3) is 0 Å². The summed E-state index contributed by atoms with van der Waals surface area (Å²) in [6, 6.07) is 2.08. The van der Waals surface area contributed by atoms with Crippen molar-refractivity contribution in [2.24, 2.45) is 11.8 Å². The molecule has 0 heterocycles. The van der Waals surface area contributed by atoms with E-state index in [4.69, 9.17) is 5.26 Å². The molecule has 3 heteroatoms. The number of hydrogen-bond donors (Lipinski definition) is 0. The molecular formula is C12H22N2O. The Balaban J connectivity index is 4.23. The number of nitriles is 1. The van der Waals surface area contributed by atoms with Gasteiger partial charge in [-0.1, -0.05) is 33.6 Å². The maximum atomic E-state index is 11.8. The van der Waals surface area contributed by atoms with Gasteiger partial charge in [-0.25, -0.2) is 0 Å². The van der Waals surface area contributed by atoms with Gasteiger partial charge >= 0.3 is 0 Å². The van der Waals surface area contributed by atoms with Gasteiger partial charge in [-0.05, 0) is 12.3 Å². The fourth-order valence-corrected chi connectivity index (χ4v) is 1.48. The Kier molecular flexibility index (Phi) is 6.77. The van der Waals surface area contributed by atoms with Crippen molar-refractivity contribution >= 4 is 5.91 Å². The van der Waals surface area contributed by atoms with Crippen LogP contribution in [0.1, 0.15) is 40.0 Å². The Bertz CT molecular complexity index is 232. The highest BCUT2D eigenvalue weighted by Gasteiger charge is 2.21. The predicted octanol–water partition coefficient (Wildman–Crippen LogP) is 2.43. The Morgan fingerprint density at radius 3 is 2.47 bits per heavy atom. The lowest BCUT2D eigenvalue weighted by atomic mass is 10.0. The summed E-state index contributed by atoms with van der Waals surface area (Å²) in [4.78, 5) is 13.5. The first kappa shape index (κ1) is 14.0. The molecule has 0 aromatic carbocycles. The second-order valence-corrected chi connectivity index (χ2v) is 4.20. The minimum absolute atomic E-state index is 0.0281. The first-order valence-electron chi connectivity index (χ1n) is 5.71. The van der Waals surface area contributed by atoms with E-state index in [1.165, 1.54) is 0 Å². The van der Waals surface area contributed by atoms with Crippen molar-refractivity contribution in [1.29, 1.82) is 5.26 Å². The van der Waals surface area contributed by atoms with E-state index in [1.807, 2.05) is 6.92 Å². The monoisotopic (exact) mass is 210 g/mol. The fraction of sp³-hybridized carbons (Fsp3) is 0.833. The molecule has 0 radical (unpaired) electrons. The standard InChI is InChI=1S/C12H22N2O/c1-5-7-11(8-13)12(15)14(4)9-10(3)6-2/h10-11H,5-7,9H2,1-4H3. The van der Waals surface area contributed by atoms with E-state index in [2.05, 4.69) is 19.9 Å². The smallest absolute Gasteiger partial charge is 0.239 e. The highest BCUT2D eigenvalue weighted by atomic mass is 16.2. The van der Waals surface area contributed by atoms with Gasteiger partial charge in [0, 0.05) is 13.6 Å². The average Bonchev–Trinajstić information content (AvgIpc) is 2.24. The van der Waals surface area contributed by atoms with E-state index >= 15 is 0 Å². The van der Waals surface area contributed by atoms with Crippen molar-refractivity contribution in [3.8, 4) is 6.07 Å². The minimum atomic E-state index is -0.455. The zero-order valence-electron chi connectivity index (χ0n) is 10.3. The summed E-state index contributed by atoms with van der Waals surface area (Å²) in [7, 11) is 1.79. The largest absolute Gasteiger partial charge is 0.344 e. The number of rotatable bonds is 6. The van der Waals surface area contributed by atoms with Crippen LogP contribution in [0.3, 0.4) is 0 Å². The van der Waals surface area contributed by atoms with E-state index in [0.29, 0.717) is 12.3 Å². The highest BCUT2D eigenvalue weighted by Crippen LogP contribution is 2.11. The minimum Gasteiger partial charge on any atom is -0.344 e. The van der Waals surface area contributed by atoms with Crippen molar-refractivity contribution in [2.45, 2.75) is 40.0 Å². The van der Waals surface area contributed by atoms with Gasteiger partial charge in [0.05, 0.1) is 6.07 Å². The van der Waals surface area contributed by atoms with Crippen LogP contribution in [0.4, 0.5) is 0 Å². The van der Waals surface area contributed by atoms with Crippen LogP contribution in [0, 0.1) is 23.2 Å². The number of amides is 1. The lowest BCUT2D eigenvalue weighted by molar-refractivity contribution is -0.133. The van der Waals surface area contributed by atoms with E-state index < -0.39 is 5.92 Å². The summed E-state index contributed by atoms with van der Waals surface area (Å²) in [6.07, 6.45) is 2.60. The Hall–Kier alpha value is -1.04. The van der Waals surface area contributed by atoms with Gasteiger partial charge in [0.15, 0.2) is 0 Å².